The maximum absolute atomic E-state index is 11.9. The minimum absolute atomic E-state index is 0.176. The Hall–Kier alpha value is -1.59. The van der Waals surface area contributed by atoms with E-state index in [1.165, 1.54) is 6.42 Å². The number of piperidine rings is 1. The molecule has 3 fully saturated rings. The van der Waals surface area contributed by atoms with Gasteiger partial charge < -0.3 is 14.7 Å². The fourth-order valence-corrected chi connectivity index (χ4v) is 5.57. The lowest BCUT2D eigenvalue weighted by atomic mass is 9.67. The zero-order chi connectivity index (χ0) is 18.9. The van der Waals surface area contributed by atoms with Crippen LogP contribution in [0.1, 0.15) is 44.6 Å². The van der Waals surface area contributed by atoms with Crippen molar-refractivity contribution in [3.05, 3.63) is 35.9 Å². The summed E-state index contributed by atoms with van der Waals surface area (Å²) >= 11 is 0. The van der Waals surface area contributed by atoms with Crippen LogP contribution in [-0.2, 0) is 10.3 Å². The van der Waals surface area contributed by atoms with E-state index in [1.54, 1.807) is 0 Å². The Morgan fingerprint density at radius 3 is 2.63 bits per heavy atom. The summed E-state index contributed by atoms with van der Waals surface area (Å²) in [5.74, 6) is 0.892. The number of nitrogens with zero attached hydrogens (tertiary/aromatic N) is 2. The number of fused-ring (bicyclic) bond motifs is 1. The fraction of sp³-hybridized carbons (Fsp3) is 0.682. The summed E-state index contributed by atoms with van der Waals surface area (Å²) in [7, 11) is 0. The zero-order valence-electron chi connectivity index (χ0n) is 16.3. The van der Waals surface area contributed by atoms with Gasteiger partial charge in [-0.2, -0.15) is 0 Å². The summed E-state index contributed by atoms with van der Waals surface area (Å²) in [6.07, 6.45) is 5.02. The summed E-state index contributed by atoms with van der Waals surface area (Å²) in [4.78, 5) is 16.4. The normalized spacial score (nSPS) is 32.3. The minimum atomic E-state index is -0.690. The predicted molar refractivity (Wildman–Crippen MR) is 104 cm³/mol. The summed E-state index contributed by atoms with van der Waals surface area (Å²) in [5, 5.41) is 11.6. The van der Waals surface area contributed by atoms with E-state index < -0.39 is 5.60 Å². The molecule has 2 saturated heterocycles. The molecule has 1 saturated carbocycles. The van der Waals surface area contributed by atoms with E-state index in [1.807, 2.05) is 30.0 Å². The van der Waals surface area contributed by atoms with Gasteiger partial charge in [-0.05, 0) is 50.5 Å². The first-order chi connectivity index (χ1) is 13.1. The first-order valence-corrected chi connectivity index (χ1v) is 10.6. The standard InChI is InChI=1S/C22H32N2O3/c1-2-27-21(25)23-13-10-19(11-14-23)24-15-17-7-6-12-22(26,20(17)16-24)18-8-4-3-5-9-18/h3-5,8-9,17,19-20,26H,2,6-7,10-16H2,1H3/t17?,20?,22-/m0/s1. The second kappa shape index (κ2) is 7.80. The minimum Gasteiger partial charge on any atom is -0.450 e. The zero-order valence-corrected chi connectivity index (χ0v) is 16.3. The number of likely N-dealkylation sites (tertiary alicyclic amines) is 2. The predicted octanol–water partition coefficient (Wildman–Crippen LogP) is 3.23. The number of carbonyl (C=O) groups is 1. The lowest BCUT2D eigenvalue weighted by Crippen LogP contribution is -2.47. The quantitative estimate of drug-likeness (QED) is 0.885. The first kappa shape index (κ1) is 18.8. The second-order valence-corrected chi connectivity index (χ2v) is 8.42. The van der Waals surface area contributed by atoms with E-state index in [-0.39, 0.29) is 6.09 Å². The third-order valence-corrected chi connectivity index (χ3v) is 7.00. The molecule has 0 radical (unpaired) electrons. The van der Waals surface area contributed by atoms with E-state index in [2.05, 4.69) is 17.0 Å². The molecule has 1 amide bonds. The lowest BCUT2D eigenvalue weighted by molar-refractivity contribution is -0.0654. The van der Waals surface area contributed by atoms with Gasteiger partial charge in [-0.15, -0.1) is 0 Å². The first-order valence-electron chi connectivity index (χ1n) is 10.6. The molecule has 3 aliphatic rings. The molecular weight excluding hydrogens is 340 g/mol. The Morgan fingerprint density at radius 1 is 1.19 bits per heavy atom. The molecule has 1 aliphatic carbocycles. The van der Waals surface area contributed by atoms with Gasteiger partial charge in [0, 0.05) is 38.1 Å². The van der Waals surface area contributed by atoms with Crippen LogP contribution in [0.4, 0.5) is 4.79 Å². The van der Waals surface area contributed by atoms with Gasteiger partial charge in [-0.3, -0.25) is 4.90 Å². The third kappa shape index (κ3) is 3.59. The smallest absolute Gasteiger partial charge is 0.409 e. The van der Waals surface area contributed by atoms with Gasteiger partial charge in [0.25, 0.3) is 0 Å². The highest BCUT2D eigenvalue weighted by Crippen LogP contribution is 2.48. The molecule has 148 valence electrons. The van der Waals surface area contributed by atoms with Crippen LogP contribution in [-0.4, -0.2) is 59.8 Å². The number of hydrogen-bond donors (Lipinski definition) is 1. The maximum atomic E-state index is 11.9. The van der Waals surface area contributed by atoms with Crippen molar-refractivity contribution in [1.82, 2.24) is 9.80 Å². The van der Waals surface area contributed by atoms with E-state index in [0.29, 0.717) is 24.5 Å². The van der Waals surface area contributed by atoms with Gasteiger partial charge in [0.1, 0.15) is 0 Å². The van der Waals surface area contributed by atoms with Crippen LogP contribution in [0.5, 0.6) is 0 Å². The highest BCUT2D eigenvalue weighted by atomic mass is 16.6. The number of ether oxygens (including phenoxy) is 1. The van der Waals surface area contributed by atoms with Gasteiger partial charge in [0.05, 0.1) is 12.2 Å². The van der Waals surface area contributed by atoms with Crippen molar-refractivity contribution < 1.29 is 14.6 Å². The van der Waals surface area contributed by atoms with Gasteiger partial charge in [0.2, 0.25) is 0 Å². The number of aliphatic hydroxyl groups is 1. The fourth-order valence-electron chi connectivity index (χ4n) is 5.57. The number of hydrogen-bond acceptors (Lipinski definition) is 4. The molecule has 1 aromatic carbocycles. The summed E-state index contributed by atoms with van der Waals surface area (Å²) < 4.78 is 5.14. The molecule has 1 N–H and O–H groups in total. The molecule has 0 aromatic heterocycles. The SMILES string of the molecule is CCOC(=O)N1CCC(N2CC3CCC[C@](O)(c4ccccc4)C3C2)CC1. The monoisotopic (exact) mass is 372 g/mol. The number of rotatable bonds is 3. The van der Waals surface area contributed by atoms with Crippen LogP contribution in [0.25, 0.3) is 0 Å². The van der Waals surface area contributed by atoms with Gasteiger partial charge in [0.15, 0.2) is 0 Å². The molecule has 2 unspecified atom stereocenters. The molecule has 2 heterocycles. The Bertz CT molecular complexity index is 644. The number of carbonyl (C=O) groups excluding carboxylic acids is 1. The Kier molecular flexibility index (Phi) is 5.42. The molecule has 0 spiro atoms. The third-order valence-electron chi connectivity index (χ3n) is 7.00. The van der Waals surface area contributed by atoms with Crippen LogP contribution in [0, 0.1) is 11.8 Å². The highest BCUT2D eigenvalue weighted by molar-refractivity contribution is 5.67. The Balaban J connectivity index is 1.41. The van der Waals surface area contributed by atoms with Crippen LogP contribution in [0.15, 0.2) is 30.3 Å². The van der Waals surface area contributed by atoms with Crippen molar-refractivity contribution in [2.75, 3.05) is 32.8 Å². The molecule has 5 heteroatoms. The largest absolute Gasteiger partial charge is 0.450 e. The van der Waals surface area contributed by atoms with Crippen molar-refractivity contribution in [2.24, 2.45) is 11.8 Å². The molecule has 1 aromatic rings. The molecule has 27 heavy (non-hydrogen) atoms. The van der Waals surface area contributed by atoms with E-state index in [0.717, 1.165) is 57.4 Å². The van der Waals surface area contributed by atoms with Gasteiger partial charge in [-0.25, -0.2) is 4.79 Å². The lowest BCUT2D eigenvalue weighted by Gasteiger charge is -2.42. The van der Waals surface area contributed by atoms with E-state index in [4.69, 9.17) is 4.74 Å². The van der Waals surface area contributed by atoms with Crippen molar-refractivity contribution in [3.8, 4) is 0 Å². The van der Waals surface area contributed by atoms with Crippen molar-refractivity contribution in [3.63, 3.8) is 0 Å². The number of benzene rings is 1. The summed E-state index contributed by atoms with van der Waals surface area (Å²) in [6.45, 7) is 5.90. The maximum Gasteiger partial charge on any atom is 0.409 e. The van der Waals surface area contributed by atoms with Gasteiger partial charge >= 0.3 is 6.09 Å². The van der Waals surface area contributed by atoms with Crippen LogP contribution in [0.3, 0.4) is 0 Å². The average molecular weight is 373 g/mol. The van der Waals surface area contributed by atoms with Gasteiger partial charge in [-0.1, -0.05) is 30.3 Å². The molecule has 0 bridgehead atoms. The Labute approximate surface area is 162 Å². The molecule has 5 nitrogen and oxygen atoms in total. The number of amides is 1. The topological polar surface area (TPSA) is 53.0 Å². The van der Waals surface area contributed by atoms with E-state index in [9.17, 15) is 9.90 Å². The van der Waals surface area contributed by atoms with Crippen LogP contribution >= 0.6 is 0 Å². The van der Waals surface area contributed by atoms with Crippen LogP contribution in [0.2, 0.25) is 0 Å². The highest BCUT2D eigenvalue weighted by Gasteiger charge is 2.50. The summed E-state index contributed by atoms with van der Waals surface area (Å²) in [5.41, 5.74) is 0.392. The van der Waals surface area contributed by atoms with E-state index >= 15 is 0 Å². The van der Waals surface area contributed by atoms with Crippen LogP contribution < -0.4 is 0 Å². The molecule has 2 aliphatic heterocycles. The molecule has 4 rings (SSSR count). The second-order valence-electron chi connectivity index (χ2n) is 8.42. The Morgan fingerprint density at radius 2 is 1.93 bits per heavy atom. The average Bonchev–Trinajstić information content (AvgIpc) is 3.15. The van der Waals surface area contributed by atoms with Crippen molar-refractivity contribution in [1.29, 1.82) is 0 Å². The van der Waals surface area contributed by atoms with Crippen molar-refractivity contribution in [2.45, 2.75) is 50.7 Å². The van der Waals surface area contributed by atoms with Crippen molar-refractivity contribution >= 4 is 6.09 Å². The molecule has 3 atom stereocenters. The molecular formula is C22H32N2O3. The summed E-state index contributed by atoms with van der Waals surface area (Å²) in [6, 6.07) is 10.8.